The standard InChI is InChI=1S/C13H16N2O5S/c1-21-9-5-6-11(15(19)20)10(8-9)13(18)14-7-3-2-4-12(16)17/h5-6,8H,2-4,7H2,1H3,(H,14,18)(H,16,17). The van der Waals surface area contributed by atoms with Crippen LogP contribution in [0.1, 0.15) is 29.6 Å². The average molecular weight is 312 g/mol. The van der Waals surface area contributed by atoms with Crippen molar-refractivity contribution in [3.8, 4) is 0 Å². The molecule has 0 saturated heterocycles. The smallest absolute Gasteiger partial charge is 0.303 e. The van der Waals surface area contributed by atoms with Crippen molar-refractivity contribution in [3.05, 3.63) is 33.9 Å². The van der Waals surface area contributed by atoms with Crippen LogP contribution in [0.3, 0.4) is 0 Å². The molecule has 0 saturated carbocycles. The molecule has 0 aliphatic rings. The summed E-state index contributed by atoms with van der Waals surface area (Å²) < 4.78 is 0. The Morgan fingerprint density at radius 1 is 1.38 bits per heavy atom. The van der Waals surface area contributed by atoms with Gasteiger partial charge in [0.2, 0.25) is 0 Å². The molecular weight excluding hydrogens is 296 g/mol. The van der Waals surface area contributed by atoms with Crippen molar-refractivity contribution in [1.29, 1.82) is 0 Å². The predicted octanol–water partition coefficient (Wildman–Crippen LogP) is 2.30. The average Bonchev–Trinajstić information content (AvgIpc) is 2.45. The maximum Gasteiger partial charge on any atom is 0.303 e. The molecule has 1 aromatic carbocycles. The van der Waals surface area contributed by atoms with E-state index in [2.05, 4.69) is 5.32 Å². The minimum Gasteiger partial charge on any atom is -0.481 e. The first-order chi connectivity index (χ1) is 9.95. The number of hydrogen-bond donors (Lipinski definition) is 2. The second kappa shape index (κ2) is 8.25. The highest BCUT2D eigenvalue weighted by atomic mass is 32.2. The number of carbonyl (C=O) groups excluding carboxylic acids is 1. The number of aliphatic carboxylic acids is 1. The highest BCUT2D eigenvalue weighted by Crippen LogP contribution is 2.24. The van der Waals surface area contributed by atoms with Crippen molar-refractivity contribution in [2.75, 3.05) is 12.8 Å². The summed E-state index contributed by atoms with van der Waals surface area (Å²) in [5.41, 5.74) is -0.221. The van der Waals surface area contributed by atoms with Gasteiger partial charge in [-0.2, -0.15) is 0 Å². The molecule has 1 aromatic rings. The highest BCUT2D eigenvalue weighted by molar-refractivity contribution is 7.98. The van der Waals surface area contributed by atoms with Crippen LogP contribution in [0.15, 0.2) is 23.1 Å². The number of nitrogens with one attached hydrogen (secondary N) is 1. The monoisotopic (exact) mass is 312 g/mol. The third-order valence-corrected chi connectivity index (χ3v) is 3.47. The normalized spacial score (nSPS) is 10.1. The van der Waals surface area contributed by atoms with E-state index in [4.69, 9.17) is 5.11 Å². The summed E-state index contributed by atoms with van der Waals surface area (Å²) >= 11 is 1.39. The van der Waals surface area contributed by atoms with E-state index < -0.39 is 16.8 Å². The van der Waals surface area contributed by atoms with Gasteiger partial charge in [0, 0.05) is 23.9 Å². The minimum absolute atomic E-state index is 0.0186. The molecule has 1 rings (SSSR count). The fraction of sp³-hybridized carbons (Fsp3) is 0.385. The summed E-state index contributed by atoms with van der Waals surface area (Å²) in [7, 11) is 0. The number of carbonyl (C=O) groups is 2. The molecule has 0 fully saturated rings. The van der Waals surface area contributed by atoms with E-state index in [0.717, 1.165) is 4.90 Å². The zero-order chi connectivity index (χ0) is 15.8. The van der Waals surface area contributed by atoms with E-state index in [1.165, 1.54) is 23.9 Å². The molecule has 0 unspecified atom stereocenters. The molecule has 2 N–H and O–H groups in total. The van der Waals surface area contributed by atoms with Crippen LogP contribution >= 0.6 is 11.8 Å². The molecule has 0 bridgehead atoms. The second-order valence-corrected chi connectivity index (χ2v) is 5.13. The maximum absolute atomic E-state index is 12.0. The number of benzene rings is 1. The highest BCUT2D eigenvalue weighted by Gasteiger charge is 2.20. The lowest BCUT2D eigenvalue weighted by Gasteiger charge is -2.06. The first-order valence-electron chi connectivity index (χ1n) is 6.28. The number of nitrogens with zero attached hydrogens (tertiary/aromatic N) is 1. The number of unbranched alkanes of at least 4 members (excludes halogenated alkanes) is 1. The summed E-state index contributed by atoms with van der Waals surface area (Å²) in [6.07, 6.45) is 2.81. The van der Waals surface area contributed by atoms with Gasteiger partial charge in [0.05, 0.1) is 4.92 Å². The summed E-state index contributed by atoms with van der Waals surface area (Å²) in [5.74, 6) is -1.41. The Morgan fingerprint density at radius 2 is 2.10 bits per heavy atom. The first-order valence-corrected chi connectivity index (χ1v) is 7.50. The van der Waals surface area contributed by atoms with Gasteiger partial charge < -0.3 is 10.4 Å². The molecule has 21 heavy (non-hydrogen) atoms. The topological polar surface area (TPSA) is 110 Å². The zero-order valence-corrected chi connectivity index (χ0v) is 12.3. The first kappa shape index (κ1) is 17.0. The number of nitro benzene ring substituents is 1. The number of carboxylic acids is 1. The SMILES string of the molecule is CSc1ccc([N+](=O)[O-])c(C(=O)NCCCCC(=O)O)c1. The summed E-state index contributed by atoms with van der Waals surface area (Å²) in [5, 5.41) is 22.0. The Labute approximate surface area is 125 Å². The maximum atomic E-state index is 12.0. The quantitative estimate of drug-likeness (QED) is 0.330. The molecule has 0 atom stereocenters. The van der Waals surface area contributed by atoms with Crippen LogP contribution < -0.4 is 5.32 Å². The largest absolute Gasteiger partial charge is 0.481 e. The van der Waals surface area contributed by atoms with Crippen LogP contribution in [0.4, 0.5) is 5.69 Å². The Balaban J connectivity index is 2.67. The fourth-order valence-electron chi connectivity index (χ4n) is 1.68. The molecule has 7 nitrogen and oxygen atoms in total. The Bertz CT molecular complexity index is 547. The van der Waals surface area contributed by atoms with Crippen molar-refractivity contribution >= 4 is 29.3 Å². The number of rotatable bonds is 8. The number of nitro groups is 1. The molecule has 8 heteroatoms. The van der Waals surface area contributed by atoms with Crippen molar-refractivity contribution in [2.24, 2.45) is 0 Å². The number of thioether (sulfide) groups is 1. The van der Waals surface area contributed by atoms with Gasteiger partial charge in [-0.05, 0) is 31.2 Å². The molecule has 0 heterocycles. The van der Waals surface area contributed by atoms with Crippen LogP contribution in [0, 0.1) is 10.1 Å². The Hall–Kier alpha value is -2.09. The van der Waals surface area contributed by atoms with Gasteiger partial charge >= 0.3 is 5.97 Å². The molecule has 0 spiro atoms. The molecule has 1 amide bonds. The molecule has 0 aliphatic heterocycles. The van der Waals surface area contributed by atoms with Crippen molar-refractivity contribution in [2.45, 2.75) is 24.2 Å². The summed E-state index contributed by atoms with van der Waals surface area (Å²) in [4.78, 5) is 33.4. The summed E-state index contributed by atoms with van der Waals surface area (Å²) in [6, 6.07) is 4.38. The fourth-order valence-corrected chi connectivity index (χ4v) is 2.12. The van der Waals surface area contributed by atoms with Gasteiger partial charge in [-0.15, -0.1) is 11.8 Å². The Morgan fingerprint density at radius 3 is 2.67 bits per heavy atom. The van der Waals surface area contributed by atoms with Crippen molar-refractivity contribution < 1.29 is 19.6 Å². The van der Waals surface area contributed by atoms with Gasteiger partial charge in [0.25, 0.3) is 11.6 Å². The predicted molar refractivity (Wildman–Crippen MR) is 78.7 cm³/mol. The van der Waals surface area contributed by atoms with E-state index in [9.17, 15) is 19.7 Å². The van der Waals surface area contributed by atoms with Gasteiger partial charge in [0.15, 0.2) is 0 Å². The van der Waals surface area contributed by atoms with Crippen LogP contribution in [-0.4, -0.2) is 34.7 Å². The molecular formula is C13H16N2O5S. The van der Waals surface area contributed by atoms with Crippen molar-refractivity contribution in [1.82, 2.24) is 5.32 Å². The second-order valence-electron chi connectivity index (χ2n) is 4.25. The lowest BCUT2D eigenvalue weighted by Crippen LogP contribution is -2.25. The molecule has 0 aromatic heterocycles. The molecule has 0 aliphatic carbocycles. The zero-order valence-electron chi connectivity index (χ0n) is 11.5. The van der Waals surface area contributed by atoms with Crippen molar-refractivity contribution in [3.63, 3.8) is 0 Å². The van der Waals surface area contributed by atoms with Gasteiger partial charge in [-0.25, -0.2) is 0 Å². The van der Waals surface area contributed by atoms with Crippen LogP contribution in [-0.2, 0) is 4.79 Å². The van der Waals surface area contributed by atoms with Gasteiger partial charge in [0.1, 0.15) is 5.56 Å². The number of carboxylic acid groups (broad SMARTS) is 1. The number of amides is 1. The van der Waals surface area contributed by atoms with Crippen LogP contribution in [0.2, 0.25) is 0 Å². The van der Waals surface area contributed by atoms with Crippen LogP contribution in [0.5, 0.6) is 0 Å². The molecule has 114 valence electrons. The lowest BCUT2D eigenvalue weighted by molar-refractivity contribution is -0.385. The van der Waals surface area contributed by atoms with E-state index in [0.29, 0.717) is 12.8 Å². The minimum atomic E-state index is -0.885. The number of hydrogen-bond acceptors (Lipinski definition) is 5. The van der Waals surface area contributed by atoms with E-state index in [1.54, 1.807) is 6.07 Å². The Kier molecular flexibility index (Phi) is 6.67. The van der Waals surface area contributed by atoms with Gasteiger partial charge in [-0.3, -0.25) is 19.7 Å². The van der Waals surface area contributed by atoms with E-state index >= 15 is 0 Å². The van der Waals surface area contributed by atoms with Gasteiger partial charge in [-0.1, -0.05) is 0 Å². The third-order valence-electron chi connectivity index (χ3n) is 2.75. The van der Waals surface area contributed by atoms with Crippen LogP contribution in [0.25, 0.3) is 0 Å². The third kappa shape index (κ3) is 5.42. The van der Waals surface area contributed by atoms with E-state index in [1.807, 2.05) is 6.26 Å². The van der Waals surface area contributed by atoms with E-state index in [-0.39, 0.29) is 24.2 Å². The molecule has 0 radical (unpaired) electrons. The summed E-state index contributed by atoms with van der Waals surface area (Å²) in [6.45, 7) is 0.284. The lowest BCUT2D eigenvalue weighted by atomic mass is 10.1.